The molecule has 5 nitrogen and oxygen atoms in total. The van der Waals surface area contributed by atoms with E-state index in [4.69, 9.17) is 4.74 Å². The minimum atomic E-state index is -4.46. The maximum atomic E-state index is 12.6. The summed E-state index contributed by atoms with van der Waals surface area (Å²) in [5.41, 5.74) is 1.70. The molecule has 0 amide bonds. The zero-order chi connectivity index (χ0) is 19.6. The number of aromatic nitrogens is 3. The molecule has 3 aromatic rings. The van der Waals surface area contributed by atoms with E-state index in [2.05, 4.69) is 10.1 Å². The van der Waals surface area contributed by atoms with Crippen molar-refractivity contribution >= 4 is 5.97 Å². The highest BCUT2D eigenvalue weighted by Crippen LogP contribution is 2.28. The minimum Gasteiger partial charge on any atom is -0.457 e. The maximum absolute atomic E-state index is 12.6. The van der Waals surface area contributed by atoms with Gasteiger partial charge in [-0.15, -0.1) is 0 Å². The van der Waals surface area contributed by atoms with Gasteiger partial charge in [-0.1, -0.05) is 24.3 Å². The predicted octanol–water partition coefficient (Wildman–Crippen LogP) is 4.26. The lowest BCUT2D eigenvalue weighted by molar-refractivity contribution is -0.137. The van der Waals surface area contributed by atoms with Crippen molar-refractivity contribution in [3.05, 3.63) is 76.7 Å². The minimum absolute atomic E-state index is 0.120. The number of esters is 1. The Morgan fingerprint density at radius 3 is 2.48 bits per heavy atom. The number of benzene rings is 1. The van der Waals surface area contributed by atoms with Crippen LogP contribution in [0.5, 0.6) is 0 Å². The van der Waals surface area contributed by atoms with Gasteiger partial charge in [0.1, 0.15) is 12.2 Å². The fourth-order valence-electron chi connectivity index (χ4n) is 2.51. The number of carbonyl (C=O) groups is 1. The maximum Gasteiger partial charge on any atom is 0.417 e. The quantitative estimate of drug-likeness (QED) is 0.640. The predicted molar refractivity (Wildman–Crippen MR) is 91.4 cm³/mol. The summed E-state index contributed by atoms with van der Waals surface area (Å²) in [7, 11) is 0. The molecule has 0 saturated heterocycles. The molecule has 2 aromatic heterocycles. The number of alkyl halides is 3. The molecule has 27 heavy (non-hydrogen) atoms. The monoisotopic (exact) mass is 375 g/mol. The van der Waals surface area contributed by atoms with Gasteiger partial charge in [0.25, 0.3) is 0 Å². The lowest BCUT2D eigenvalue weighted by Gasteiger charge is -2.09. The molecule has 0 atom stereocenters. The van der Waals surface area contributed by atoms with Crippen molar-refractivity contribution in [1.29, 1.82) is 0 Å². The van der Waals surface area contributed by atoms with Crippen LogP contribution in [0.25, 0.3) is 5.82 Å². The number of nitrogens with zero attached hydrogens (tertiary/aromatic N) is 3. The van der Waals surface area contributed by atoms with E-state index in [1.54, 1.807) is 6.92 Å². The van der Waals surface area contributed by atoms with E-state index in [0.717, 1.165) is 23.4 Å². The van der Waals surface area contributed by atoms with Crippen LogP contribution in [0.15, 0.2) is 48.8 Å². The van der Waals surface area contributed by atoms with Crippen LogP contribution in [0.3, 0.4) is 0 Å². The Morgan fingerprint density at radius 1 is 1.11 bits per heavy atom. The zero-order valence-corrected chi connectivity index (χ0v) is 14.6. The van der Waals surface area contributed by atoms with Crippen LogP contribution in [-0.2, 0) is 17.5 Å². The molecule has 0 bridgehead atoms. The first-order valence-corrected chi connectivity index (χ1v) is 8.07. The summed E-state index contributed by atoms with van der Waals surface area (Å²) in [6.07, 6.45) is -2.42. The molecule has 0 aliphatic rings. The Labute approximate surface area is 153 Å². The van der Waals surface area contributed by atoms with Crippen molar-refractivity contribution in [3.63, 3.8) is 0 Å². The molecule has 0 saturated carbocycles. The Bertz CT molecular complexity index is 963. The van der Waals surface area contributed by atoms with Gasteiger partial charge in [-0.3, -0.25) is 0 Å². The Morgan fingerprint density at radius 2 is 1.85 bits per heavy atom. The Balaban J connectivity index is 1.76. The van der Waals surface area contributed by atoms with Crippen LogP contribution < -0.4 is 0 Å². The number of carbonyl (C=O) groups excluding carboxylic acids is 1. The summed E-state index contributed by atoms with van der Waals surface area (Å²) in [6.45, 7) is 3.66. The van der Waals surface area contributed by atoms with Crippen molar-refractivity contribution in [3.8, 4) is 5.82 Å². The number of ether oxygens (including phenoxy) is 1. The van der Waals surface area contributed by atoms with Crippen molar-refractivity contribution in [1.82, 2.24) is 14.8 Å². The van der Waals surface area contributed by atoms with Crippen LogP contribution >= 0.6 is 0 Å². The first-order chi connectivity index (χ1) is 12.8. The third kappa shape index (κ3) is 3.99. The van der Waals surface area contributed by atoms with E-state index < -0.39 is 17.7 Å². The van der Waals surface area contributed by atoms with Crippen LogP contribution in [0, 0.1) is 13.8 Å². The SMILES string of the molecule is Cc1ccccc1COC(=O)c1cnn(-c2ccc(C(F)(F)F)cn2)c1C. The molecule has 0 fully saturated rings. The van der Waals surface area contributed by atoms with Gasteiger partial charge in [0.05, 0.1) is 17.5 Å². The van der Waals surface area contributed by atoms with Crippen molar-refractivity contribution < 1.29 is 22.7 Å². The second-order valence-electron chi connectivity index (χ2n) is 5.96. The molecule has 0 radical (unpaired) electrons. The molecule has 2 heterocycles. The van der Waals surface area contributed by atoms with E-state index in [0.29, 0.717) is 5.69 Å². The number of aryl methyl sites for hydroxylation is 1. The topological polar surface area (TPSA) is 57.0 Å². The largest absolute Gasteiger partial charge is 0.457 e. The van der Waals surface area contributed by atoms with E-state index >= 15 is 0 Å². The summed E-state index contributed by atoms with van der Waals surface area (Å²) in [6, 6.07) is 9.65. The number of halogens is 3. The normalized spacial score (nSPS) is 11.4. The summed E-state index contributed by atoms with van der Waals surface area (Å²) in [4.78, 5) is 16.1. The van der Waals surface area contributed by atoms with Crippen molar-refractivity contribution in [2.24, 2.45) is 0 Å². The summed E-state index contributed by atoms with van der Waals surface area (Å²) < 4.78 is 44.5. The van der Waals surface area contributed by atoms with Gasteiger partial charge in [0.2, 0.25) is 0 Å². The van der Waals surface area contributed by atoms with Gasteiger partial charge in [0.15, 0.2) is 5.82 Å². The molecule has 1 aromatic carbocycles. The Hall–Kier alpha value is -3.16. The summed E-state index contributed by atoms with van der Waals surface area (Å²) >= 11 is 0. The van der Waals surface area contributed by atoms with Gasteiger partial charge >= 0.3 is 12.1 Å². The summed E-state index contributed by atoms with van der Waals surface area (Å²) in [5, 5.41) is 4.04. The van der Waals surface area contributed by atoms with E-state index in [1.165, 1.54) is 16.9 Å². The number of pyridine rings is 1. The lowest BCUT2D eigenvalue weighted by atomic mass is 10.1. The molecule has 8 heteroatoms. The van der Waals surface area contributed by atoms with Gasteiger partial charge in [-0.2, -0.15) is 18.3 Å². The van der Waals surface area contributed by atoms with Crippen LogP contribution in [0.4, 0.5) is 13.2 Å². The van der Waals surface area contributed by atoms with Gasteiger partial charge in [0, 0.05) is 6.20 Å². The lowest BCUT2D eigenvalue weighted by Crippen LogP contribution is -2.09. The third-order valence-corrected chi connectivity index (χ3v) is 4.14. The molecule has 0 aliphatic heterocycles. The molecule has 140 valence electrons. The fourth-order valence-corrected chi connectivity index (χ4v) is 2.51. The third-order valence-electron chi connectivity index (χ3n) is 4.14. The molecule has 0 N–H and O–H groups in total. The second-order valence-corrected chi connectivity index (χ2v) is 5.96. The fraction of sp³-hybridized carbons (Fsp3) is 0.211. The average molecular weight is 375 g/mol. The van der Waals surface area contributed by atoms with Gasteiger partial charge < -0.3 is 4.74 Å². The van der Waals surface area contributed by atoms with Crippen LogP contribution in [0.2, 0.25) is 0 Å². The van der Waals surface area contributed by atoms with Gasteiger partial charge in [-0.05, 0) is 37.1 Å². The van der Waals surface area contributed by atoms with Crippen LogP contribution in [0.1, 0.15) is 32.7 Å². The Kier molecular flexibility index (Phi) is 4.98. The first kappa shape index (κ1) is 18.6. The highest BCUT2D eigenvalue weighted by atomic mass is 19.4. The molecule has 0 unspecified atom stereocenters. The highest BCUT2D eigenvalue weighted by Gasteiger charge is 2.30. The van der Waals surface area contributed by atoms with E-state index in [9.17, 15) is 18.0 Å². The van der Waals surface area contributed by atoms with Crippen molar-refractivity contribution in [2.45, 2.75) is 26.6 Å². The molecular weight excluding hydrogens is 359 g/mol. The number of hydrogen-bond acceptors (Lipinski definition) is 4. The molecule has 0 spiro atoms. The van der Waals surface area contributed by atoms with Crippen LogP contribution in [-0.4, -0.2) is 20.7 Å². The standard InChI is InChI=1S/C19H16F3N3O2/c1-12-5-3-4-6-14(12)11-27-18(26)16-10-24-25(13(16)2)17-8-7-15(9-23-17)19(20,21)22/h3-10H,11H2,1-2H3. The van der Waals surface area contributed by atoms with E-state index in [1.807, 2.05) is 31.2 Å². The number of rotatable bonds is 4. The number of hydrogen-bond donors (Lipinski definition) is 0. The molecule has 3 rings (SSSR count). The zero-order valence-electron chi connectivity index (χ0n) is 14.6. The average Bonchev–Trinajstić information content (AvgIpc) is 3.02. The smallest absolute Gasteiger partial charge is 0.417 e. The highest BCUT2D eigenvalue weighted by molar-refractivity contribution is 5.90. The second kappa shape index (κ2) is 7.22. The first-order valence-electron chi connectivity index (χ1n) is 8.07. The van der Waals surface area contributed by atoms with E-state index in [-0.39, 0.29) is 18.0 Å². The summed E-state index contributed by atoms with van der Waals surface area (Å²) in [5.74, 6) is -0.382. The molecule has 0 aliphatic carbocycles. The van der Waals surface area contributed by atoms with Gasteiger partial charge in [-0.25, -0.2) is 14.5 Å². The van der Waals surface area contributed by atoms with Crippen molar-refractivity contribution in [2.75, 3.05) is 0 Å². The molecular formula is C19H16F3N3O2.